The van der Waals surface area contributed by atoms with E-state index >= 15 is 0 Å². The van der Waals surface area contributed by atoms with Crippen molar-refractivity contribution >= 4 is 15.9 Å². The molecule has 0 aliphatic rings. The molecule has 0 aliphatic carbocycles. The van der Waals surface area contributed by atoms with Crippen LogP contribution >= 0.6 is 15.9 Å². The van der Waals surface area contributed by atoms with Crippen LogP contribution in [0, 0.1) is 0 Å². The lowest BCUT2D eigenvalue weighted by atomic mass is 10.1. The second-order valence-corrected chi connectivity index (χ2v) is 6.06. The van der Waals surface area contributed by atoms with Gasteiger partial charge >= 0.3 is 0 Å². The lowest BCUT2D eigenvalue weighted by Gasteiger charge is -2.14. The number of rotatable bonds is 7. The fourth-order valence-corrected chi connectivity index (χ4v) is 2.61. The highest BCUT2D eigenvalue weighted by Gasteiger charge is 2.09. The molecule has 0 saturated heterocycles. The summed E-state index contributed by atoms with van der Waals surface area (Å²) in [6.07, 6.45) is 2.66. The Kier molecular flexibility index (Phi) is 6.27. The molecular weight excluding hydrogens is 328 g/mol. The van der Waals surface area contributed by atoms with Gasteiger partial charge in [0.15, 0.2) is 0 Å². The molecule has 0 aliphatic heterocycles. The predicted molar refractivity (Wildman–Crippen MR) is 89.7 cm³/mol. The average molecular weight is 349 g/mol. The second-order valence-electron chi connectivity index (χ2n) is 5.15. The molecule has 0 radical (unpaired) electrons. The molecular formula is C18H21BrO2. The minimum Gasteiger partial charge on any atom is -0.493 e. The van der Waals surface area contributed by atoms with Crippen molar-refractivity contribution in [2.75, 3.05) is 6.61 Å². The van der Waals surface area contributed by atoms with Crippen LogP contribution in [-0.2, 0) is 6.42 Å². The van der Waals surface area contributed by atoms with Gasteiger partial charge in [-0.1, -0.05) is 46.3 Å². The number of aliphatic hydroxyl groups is 1. The highest BCUT2D eigenvalue weighted by atomic mass is 79.9. The molecule has 1 N–H and O–H groups in total. The molecule has 0 saturated carbocycles. The monoisotopic (exact) mass is 348 g/mol. The van der Waals surface area contributed by atoms with Crippen molar-refractivity contribution in [3.63, 3.8) is 0 Å². The Morgan fingerprint density at radius 1 is 1.10 bits per heavy atom. The minimum absolute atomic E-state index is 0.526. The van der Waals surface area contributed by atoms with Crippen molar-refractivity contribution < 1.29 is 9.84 Å². The summed E-state index contributed by atoms with van der Waals surface area (Å²) in [5.74, 6) is 0.771. The van der Waals surface area contributed by atoms with Gasteiger partial charge in [-0.2, -0.15) is 0 Å². The van der Waals surface area contributed by atoms with Gasteiger partial charge in [-0.15, -0.1) is 0 Å². The van der Waals surface area contributed by atoms with E-state index in [0.29, 0.717) is 6.61 Å². The molecule has 112 valence electrons. The van der Waals surface area contributed by atoms with Gasteiger partial charge in [0.25, 0.3) is 0 Å². The average Bonchev–Trinajstić information content (AvgIpc) is 2.49. The molecule has 0 heterocycles. The summed E-state index contributed by atoms with van der Waals surface area (Å²) in [5.41, 5.74) is 2.19. The Labute approximate surface area is 134 Å². The number of unbranched alkanes of at least 4 members (excludes halogenated alkanes) is 1. The SMILES string of the molecule is C[C@H](O)c1cc(Br)ccc1OCCCCc1ccccc1. The normalized spacial score (nSPS) is 12.1. The first-order valence-electron chi connectivity index (χ1n) is 7.31. The van der Waals surface area contributed by atoms with Crippen LogP contribution in [0.4, 0.5) is 0 Å². The molecule has 2 aromatic carbocycles. The Balaban J connectivity index is 1.78. The number of ether oxygens (including phenoxy) is 1. The van der Waals surface area contributed by atoms with E-state index in [1.807, 2.05) is 24.3 Å². The maximum absolute atomic E-state index is 9.78. The Bertz CT molecular complexity index is 552. The summed E-state index contributed by atoms with van der Waals surface area (Å²) >= 11 is 3.42. The smallest absolute Gasteiger partial charge is 0.125 e. The highest BCUT2D eigenvalue weighted by molar-refractivity contribution is 9.10. The summed E-state index contributed by atoms with van der Waals surface area (Å²) in [7, 11) is 0. The van der Waals surface area contributed by atoms with Gasteiger partial charge in [-0.3, -0.25) is 0 Å². The first-order chi connectivity index (χ1) is 10.2. The van der Waals surface area contributed by atoms with Crippen molar-refractivity contribution in [1.29, 1.82) is 0 Å². The zero-order valence-electron chi connectivity index (χ0n) is 12.3. The largest absolute Gasteiger partial charge is 0.493 e. The van der Waals surface area contributed by atoms with E-state index in [9.17, 15) is 5.11 Å². The third kappa shape index (κ3) is 5.18. The number of hydrogen-bond acceptors (Lipinski definition) is 2. The zero-order chi connectivity index (χ0) is 15.1. The Hall–Kier alpha value is -1.32. The standard InChI is InChI=1S/C18H21BrO2/c1-14(20)17-13-16(19)10-11-18(17)21-12-6-5-9-15-7-3-2-4-8-15/h2-4,7-8,10-11,13-14,20H,5-6,9,12H2,1H3/t14-/m0/s1. The summed E-state index contributed by atoms with van der Waals surface area (Å²) in [6, 6.07) is 16.2. The molecule has 0 spiro atoms. The molecule has 0 amide bonds. The molecule has 0 aromatic heterocycles. The number of halogens is 1. The summed E-state index contributed by atoms with van der Waals surface area (Å²) in [6.45, 7) is 2.43. The topological polar surface area (TPSA) is 29.5 Å². The van der Waals surface area contributed by atoms with Gasteiger partial charge in [0.1, 0.15) is 5.75 Å². The van der Waals surface area contributed by atoms with Crippen LogP contribution in [0.1, 0.15) is 37.0 Å². The summed E-state index contributed by atoms with van der Waals surface area (Å²) in [5, 5.41) is 9.78. The number of benzene rings is 2. The van der Waals surface area contributed by atoms with Gasteiger partial charge in [0.05, 0.1) is 12.7 Å². The zero-order valence-corrected chi connectivity index (χ0v) is 13.8. The number of hydrogen-bond donors (Lipinski definition) is 1. The lowest BCUT2D eigenvalue weighted by Crippen LogP contribution is -2.03. The van der Waals surface area contributed by atoms with E-state index in [0.717, 1.165) is 35.0 Å². The van der Waals surface area contributed by atoms with Crippen LogP contribution in [0.2, 0.25) is 0 Å². The van der Waals surface area contributed by atoms with Crippen LogP contribution in [0.15, 0.2) is 53.0 Å². The lowest BCUT2D eigenvalue weighted by molar-refractivity contribution is 0.190. The predicted octanol–water partition coefficient (Wildman–Crippen LogP) is 4.90. The Morgan fingerprint density at radius 3 is 2.57 bits per heavy atom. The molecule has 1 atom stereocenters. The van der Waals surface area contributed by atoms with E-state index in [-0.39, 0.29) is 0 Å². The third-order valence-corrected chi connectivity index (χ3v) is 3.88. The van der Waals surface area contributed by atoms with Crippen molar-refractivity contribution in [2.24, 2.45) is 0 Å². The minimum atomic E-state index is -0.526. The van der Waals surface area contributed by atoms with Gasteiger partial charge in [0.2, 0.25) is 0 Å². The molecule has 21 heavy (non-hydrogen) atoms. The molecule has 3 heteroatoms. The molecule has 2 aromatic rings. The number of aliphatic hydroxyl groups excluding tert-OH is 1. The van der Waals surface area contributed by atoms with Gasteiger partial charge in [0, 0.05) is 10.0 Å². The fourth-order valence-electron chi connectivity index (χ4n) is 2.24. The van der Waals surface area contributed by atoms with Gasteiger partial charge in [-0.25, -0.2) is 0 Å². The fraction of sp³-hybridized carbons (Fsp3) is 0.333. The van der Waals surface area contributed by atoms with E-state index < -0.39 is 6.10 Å². The molecule has 0 bridgehead atoms. The van der Waals surface area contributed by atoms with E-state index in [1.54, 1.807) is 6.92 Å². The Morgan fingerprint density at radius 2 is 1.86 bits per heavy atom. The highest BCUT2D eigenvalue weighted by Crippen LogP contribution is 2.28. The van der Waals surface area contributed by atoms with Gasteiger partial charge < -0.3 is 9.84 Å². The molecule has 2 rings (SSSR count). The van der Waals surface area contributed by atoms with Crippen molar-refractivity contribution in [3.05, 3.63) is 64.1 Å². The van der Waals surface area contributed by atoms with Crippen LogP contribution in [0.3, 0.4) is 0 Å². The van der Waals surface area contributed by atoms with Crippen molar-refractivity contribution in [1.82, 2.24) is 0 Å². The quantitative estimate of drug-likeness (QED) is 0.720. The first kappa shape index (κ1) is 16.1. The number of aryl methyl sites for hydroxylation is 1. The van der Waals surface area contributed by atoms with Crippen LogP contribution in [0.25, 0.3) is 0 Å². The third-order valence-electron chi connectivity index (χ3n) is 3.38. The molecule has 0 unspecified atom stereocenters. The van der Waals surface area contributed by atoms with Crippen molar-refractivity contribution in [3.8, 4) is 5.75 Å². The first-order valence-corrected chi connectivity index (χ1v) is 8.10. The molecule has 2 nitrogen and oxygen atoms in total. The second kappa shape index (κ2) is 8.20. The molecule has 0 fully saturated rings. The van der Waals surface area contributed by atoms with Crippen LogP contribution < -0.4 is 4.74 Å². The summed E-state index contributed by atoms with van der Waals surface area (Å²) in [4.78, 5) is 0. The summed E-state index contributed by atoms with van der Waals surface area (Å²) < 4.78 is 6.76. The van der Waals surface area contributed by atoms with Crippen LogP contribution in [-0.4, -0.2) is 11.7 Å². The van der Waals surface area contributed by atoms with Crippen molar-refractivity contribution in [2.45, 2.75) is 32.3 Å². The van der Waals surface area contributed by atoms with E-state index in [2.05, 4.69) is 40.2 Å². The maximum Gasteiger partial charge on any atom is 0.125 e. The van der Waals surface area contributed by atoms with Gasteiger partial charge in [-0.05, 0) is 49.9 Å². The van der Waals surface area contributed by atoms with Crippen LogP contribution in [0.5, 0.6) is 5.75 Å². The maximum atomic E-state index is 9.78. The van der Waals surface area contributed by atoms with E-state index in [4.69, 9.17) is 4.74 Å². The van der Waals surface area contributed by atoms with E-state index in [1.165, 1.54) is 5.56 Å².